The summed E-state index contributed by atoms with van der Waals surface area (Å²) in [6.07, 6.45) is 1.67. The summed E-state index contributed by atoms with van der Waals surface area (Å²) in [6, 6.07) is 24.1. The van der Waals surface area contributed by atoms with Crippen molar-refractivity contribution in [1.82, 2.24) is 5.32 Å². The second-order valence-electron chi connectivity index (χ2n) is 7.29. The van der Waals surface area contributed by atoms with Gasteiger partial charge in [0.15, 0.2) is 0 Å². The number of nitrogens with one attached hydrogen (secondary N) is 2. The van der Waals surface area contributed by atoms with Gasteiger partial charge in [-0.25, -0.2) is 0 Å². The molecule has 29 heavy (non-hydrogen) atoms. The lowest BCUT2D eigenvalue weighted by Gasteiger charge is -2.16. The number of hydrogen-bond donors (Lipinski definition) is 2. The van der Waals surface area contributed by atoms with Crippen LogP contribution in [-0.4, -0.2) is 11.8 Å². The summed E-state index contributed by atoms with van der Waals surface area (Å²) in [5.41, 5.74) is 2.84. The van der Waals surface area contributed by atoms with Crippen molar-refractivity contribution in [1.29, 1.82) is 0 Å². The van der Waals surface area contributed by atoms with Crippen molar-refractivity contribution < 1.29 is 9.59 Å². The van der Waals surface area contributed by atoms with E-state index < -0.39 is 5.41 Å². The number of anilines is 1. The average Bonchev–Trinajstić information content (AvgIpc) is 3.56. The lowest BCUT2D eigenvalue weighted by molar-refractivity contribution is -0.123. The van der Waals surface area contributed by atoms with E-state index in [-0.39, 0.29) is 11.8 Å². The summed E-state index contributed by atoms with van der Waals surface area (Å²) in [7, 11) is 0. The Hall–Kier alpha value is -3.11. The molecule has 0 spiro atoms. The number of rotatable bonds is 6. The third kappa shape index (κ3) is 4.33. The molecule has 0 atom stereocenters. The fourth-order valence-electron chi connectivity index (χ4n) is 3.40. The molecular formula is C24H21ClN2O2. The molecule has 1 aliphatic carbocycles. The minimum absolute atomic E-state index is 0.0549. The van der Waals surface area contributed by atoms with Gasteiger partial charge in [0.2, 0.25) is 5.91 Å². The molecule has 4 nitrogen and oxygen atoms in total. The summed E-state index contributed by atoms with van der Waals surface area (Å²) in [6.45, 7) is 0.524. The Kier molecular flexibility index (Phi) is 5.36. The van der Waals surface area contributed by atoms with E-state index in [4.69, 9.17) is 11.6 Å². The largest absolute Gasteiger partial charge is 0.351 e. The number of hydrogen-bond acceptors (Lipinski definition) is 2. The Labute approximate surface area is 174 Å². The predicted molar refractivity (Wildman–Crippen MR) is 115 cm³/mol. The van der Waals surface area contributed by atoms with Crippen LogP contribution < -0.4 is 10.6 Å². The zero-order chi connectivity index (χ0) is 20.3. The molecule has 2 amide bonds. The maximum atomic E-state index is 12.8. The molecule has 0 aromatic heterocycles. The van der Waals surface area contributed by atoms with Crippen LogP contribution in [0, 0.1) is 0 Å². The van der Waals surface area contributed by atoms with Crippen LogP contribution in [0.5, 0.6) is 0 Å². The summed E-state index contributed by atoms with van der Waals surface area (Å²) in [5.74, 6) is -0.143. The van der Waals surface area contributed by atoms with Crippen molar-refractivity contribution >= 4 is 29.1 Å². The van der Waals surface area contributed by atoms with Crippen LogP contribution in [-0.2, 0) is 16.8 Å². The maximum Gasteiger partial charge on any atom is 0.255 e. The Bertz CT molecular complexity index is 1010. The van der Waals surface area contributed by atoms with Crippen LogP contribution >= 0.6 is 11.6 Å². The number of benzene rings is 3. The van der Waals surface area contributed by atoms with Gasteiger partial charge in [0.1, 0.15) is 0 Å². The molecule has 3 aromatic carbocycles. The number of carbonyl (C=O) groups excluding carboxylic acids is 2. The fourth-order valence-corrected chi connectivity index (χ4v) is 3.52. The molecule has 0 saturated heterocycles. The predicted octanol–water partition coefficient (Wildman–Crippen LogP) is 4.94. The van der Waals surface area contributed by atoms with Crippen LogP contribution in [0.15, 0.2) is 78.9 Å². The van der Waals surface area contributed by atoms with E-state index in [9.17, 15) is 9.59 Å². The molecule has 1 saturated carbocycles. The monoisotopic (exact) mass is 404 g/mol. The van der Waals surface area contributed by atoms with Crippen molar-refractivity contribution in [2.45, 2.75) is 24.8 Å². The number of halogens is 1. The fraction of sp³-hybridized carbons (Fsp3) is 0.167. The standard InChI is InChI=1S/C24H21ClN2O2/c25-20-10-6-18(7-11-20)22(28)27-21-12-8-19(9-13-21)24(14-15-24)23(29)26-16-17-4-2-1-3-5-17/h1-13H,14-16H2,(H,26,29)(H,27,28). The topological polar surface area (TPSA) is 58.2 Å². The molecule has 0 heterocycles. The van der Waals surface area contributed by atoms with Gasteiger partial charge in [0, 0.05) is 22.8 Å². The Morgan fingerprint density at radius 3 is 2.14 bits per heavy atom. The minimum Gasteiger partial charge on any atom is -0.351 e. The number of amides is 2. The molecule has 146 valence electrons. The lowest BCUT2D eigenvalue weighted by Crippen LogP contribution is -2.34. The van der Waals surface area contributed by atoms with E-state index in [1.54, 1.807) is 24.3 Å². The van der Waals surface area contributed by atoms with Crippen molar-refractivity contribution in [2.24, 2.45) is 0 Å². The van der Waals surface area contributed by atoms with Crippen molar-refractivity contribution in [2.75, 3.05) is 5.32 Å². The normalized spacial score (nSPS) is 14.1. The molecule has 0 radical (unpaired) electrons. The molecule has 4 rings (SSSR count). The third-order valence-corrected chi connectivity index (χ3v) is 5.53. The summed E-state index contributed by atoms with van der Waals surface area (Å²) in [5, 5.41) is 6.51. The van der Waals surface area contributed by atoms with E-state index in [0.29, 0.717) is 22.8 Å². The van der Waals surface area contributed by atoms with E-state index in [1.807, 2.05) is 54.6 Å². The highest BCUT2D eigenvalue weighted by molar-refractivity contribution is 6.30. The first-order valence-corrected chi connectivity index (χ1v) is 9.94. The highest BCUT2D eigenvalue weighted by Crippen LogP contribution is 2.48. The third-order valence-electron chi connectivity index (χ3n) is 5.28. The first-order chi connectivity index (χ1) is 14.1. The maximum absolute atomic E-state index is 12.8. The van der Waals surface area contributed by atoms with Crippen LogP contribution in [0.3, 0.4) is 0 Å². The molecule has 0 aliphatic heterocycles. The van der Waals surface area contributed by atoms with Crippen LogP contribution in [0.2, 0.25) is 5.02 Å². The SMILES string of the molecule is O=C(Nc1ccc(C2(C(=O)NCc3ccccc3)CC2)cc1)c1ccc(Cl)cc1. The molecule has 0 unspecified atom stereocenters. The van der Waals surface area contributed by atoms with Crippen molar-refractivity contribution in [3.63, 3.8) is 0 Å². The molecule has 0 bridgehead atoms. The van der Waals surface area contributed by atoms with Crippen molar-refractivity contribution in [3.8, 4) is 0 Å². The smallest absolute Gasteiger partial charge is 0.255 e. The highest BCUT2D eigenvalue weighted by atomic mass is 35.5. The number of carbonyl (C=O) groups is 2. The van der Waals surface area contributed by atoms with E-state index >= 15 is 0 Å². The molecular weight excluding hydrogens is 384 g/mol. The van der Waals surface area contributed by atoms with Gasteiger partial charge in [-0.3, -0.25) is 9.59 Å². The first kappa shape index (κ1) is 19.2. The quantitative estimate of drug-likeness (QED) is 0.611. The Balaban J connectivity index is 1.39. The van der Waals surface area contributed by atoms with Crippen molar-refractivity contribution in [3.05, 3.63) is 101 Å². The summed E-state index contributed by atoms with van der Waals surface area (Å²) >= 11 is 5.86. The Morgan fingerprint density at radius 1 is 0.862 bits per heavy atom. The van der Waals surface area contributed by atoms with Gasteiger partial charge in [-0.1, -0.05) is 54.1 Å². The van der Waals surface area contributed by atoms with Crippen LogP contribution in [0.25, 0.3) is 0 Å². The van der Waals surface area contributed by atoms with Gasteiger partial charge < -0.3 is 10.6 Å². The molecule has 5 heteroatoms. The van der Waals surface area contributed by atoms with Crippen LogP contribution in [0.4, 0.5) is 5.69 Å². The second-order valence-corrected chi connectivity index (χ2v) is 7.73. The lowest BCUT2D eigenvalue weighted by atomic mass is 9.94. The van der Waals surface area contributed by atoms with Gasteiger partial charge >= 0.3 is 0 Å². The first-order valence-electron chi connectivity index (χ1n) is 9.56. The second kappa shape index (κ2) is 8.10. The van der Waals surface area contributed by atoms with E-state index in [1.165, 1.54) is 0 Å². The summed E-state index contributed by atoms with van der Waals surface area (Å²) < 4.78 is 0. The highest BCUT2D eigenvalue weighted by Gasteiger charge is 2.51. The van der Waals surface area contributed by atoms with Gasteiger partial charge in [-0.2, -0.15) is 0 Å². The zero-order valence-corrected chi connectivity index (χ0v) is 16.6. The van der Waals surface area contributed by atoms with Gasteiger partial charge in [0.25, 0.3) is 5.91 Å². The molecule has 1 fully saturated rings. The minimum atomic E-state index is -0.451. The van der Waals surface area contributed by atoms with Gasteiger partial charge in [0.05, 0.1) is 5.41 Å². The van der Waals surface area contributed by atoms with E-state index in [2.05, 4.69) is 10.6 Å². The molecule has 1 aliphatic rings. The van der Waals surface area contributed by atoms with E-state index in [0.717, 1.165) is 24.0 Å². The average molecular weight is 405 g/mol. The summed E-state index contributed by atoms with van der Waals surface area (Å²) in [4.78, 5) is 25.1. The van der Waals surface area contributed by atoms with Crippen LogP contribution in [0.1, 0.15) is 34.3 Å². The van der Waals surface area contributed by atoms with Gasteiger partial charge in [-0.15, -0.1) is 0 Å². The van der Waals surface area contributed by atoms with Gasteiger partial charge in [-0.05, 0) is 60.4 Å². The Morgan fingerprint density at radius 2 is 1.52 bits per heavy atom. The molecule has 2 N–H and O–H groups in total. The zero-order valence-electron chi connectivity index (χ0n) is 15.8. The molecule has 3 aromatic rings.